The molecule has 0 fully saturated rings. The smallest absolute Gasteiger partial charge is 0.122 e. The molecule has 1 aromatic carbocycles. The fraction of sp³-hybridized carbons (Fsp3) is 0.625. The molecule has 0 aromatic heterocycles. The first-order chi connectivity index (χ1) is 8.58. The Morgan fingerprint density at radius 2 is 1.72 bits per heavy atom. The molecule has 1 N–H and O–H groups in total. The van der Waals surface area contributed by atoms with Crippen LogP contribution in [0.1, 0.15) is 49.8 Å². The molecule has 18 heavy (non-hydrogen) atoms. The van der Waals surface area contributed by atoms with E-state index >= 15 is 0 Å². The van der Waals surface area contributed by atoms with Gasteiger partial charge in [-0.05, 0) is 42.9 Å². The third kappa shape index (κ3) is 2.54. The first-order valence-corrected chi connectivity index (χ1v) is 6.89. The summed E-state index contributed by atoms with van der Waals surface area (Å²) in [7, 11) is 1.72. The molecule has 0 amide bonds. The van der Waals surface area contributed by atoms with Gasteiger partial charge in [0, 0.05) is 11.0 Å². The largest absolute Gasteiger partial charge is 0.496 e. The molecule has 0 radical (unpaired) electrons. The maximum Gasteiger partial charge on any atom is 0.122 e. The minimum atomic E-state index is -0.243. The fourth-order valence-electron chi connectivity index (χ4n) is 2.72. The number of hydrogen-bond acceptors (Lipinski definition) is 2. The van der Waals surface area contributed by atoms with Crippen molar-refractivity contribution >= 4 is 0 Å². The van der Waals surface area contributed by atoms with Gasteiger partial charge in [0.1, 0.15) is 5.75 Å². The van der Waals surface area contributed by atoms with Crippen LogP contribution in [0.4, 0.5) is 0 Å². The average molecular weight is 248 g/mol. The van der Waals surface area contributed by atoms with Crippen molar-refractivity contribution in [2.24, 2.45) is 0 Å². The van der Waals surface area contributed by atoms with Gasteiger partial charge in [-0.1, -0.05) is 26.3 Å². The average Bonchev–Trinajstić information content (AvgIpc) is 2.61. The van der Waals surface area contributed by atoms with Crippen molar-refractivity contribution in [1.29, 1.82) is 0 Å². The van der Waals surface area contributed by atoms with Crippen molar-refractivity contribution in [2.45, 2.75) is 51.4 Å². The van der Waals surface area contributed by atoms with Crippen LogP contribution < -0.4 is 4.74 Å². The normalized spacial score (nSPS) is 16.0. The number of aryl methyl sites for hydroxylation is 2. The fourth-order valence-corrected chi connectivity index (χ4v) is 2.72. The van der Waals surface area contributed by atoms with Crippen LogP contribution in [0.15, 0.2) is 12.1 Å². The Balaban J connectivity index is 2.49. The monoisotopic (exact) mass is 248 g/mol. The lowest BCUT2D eigenvalue weighted by molar-refractivity contribution is 0.214. The van der Waals surface area contributed by atoms with E-state index in [0.717, 1.165) is 24.2 Å². The van der Waals surface area contributed by atoms with Gasteiger partial charge in [0.05, 0.1) is 13.7 Å². The lowest BCUT2D eigenvalue weighted by Crippen LogP contribution is -2.23. The van der Waals surface area contributed by atoms with Gasteiger partial charge in [-0.25, -0.2) is 0 Å². The molecule has 2 nitrogen and oxygen atoms in total. The van der Waals surface area contributed by atoms with Crippen molar-refractivity contribution in [3.05, 3.63) is 28.8 Å². The summed E-state index contributed by atoms with van der Waals surface area (Å²) in [5.41, 5.74) is 3.77. The van der Waals surface area contributed by atoms with Crippen molar-refractivity contribution in [1.82, 2.24) is 0 Å². The van der Waals surface area contributed by atoms with Gasteiger partial charge in [-0.15, -0.1) is 0 Å². The molecule has 1 aliphatic rings. The number of aliphatic hydroxyl groups is 1. The Bertz CT molecular complexity index is 421. The van der Waals surface area contributed by atoms with Crippen LogP contribution in [0.2, 0.25) is 0 Å². The van der Waals surface area contributed by atoms with Crippen LogP contribution >= 0.6 is 0 Å². The molecule has 1 aromatic rings. The molecule has 0 heterocycles. The summed E-state index contributed by atoms with van der Waals surface area (Å²) in [6, 6.07) is 4.45. The summed E-state index contributed by atoms with van der Waals surface area (Å²) in [5.74, 6) is 0.926. The van der Waals surface area contributed by atoms with Crippen LogP contribution in [-0.4, -0.2) is 18.8 Å². The minimum absolute atomic E-state index is 0.141. The summed E-state index contributed by atoms with van der Waals surface area (Å²) in [4.78, 5) is 0. The lowest BCUT2D eigenvalue weighted by Gasteiger charge is -2.26. The van der Waals surface area contributed by atoms with E-state index in [-0.39, 0.29) is 12.0 Å². The molecule has 2 rings (SSSR count). The summed E-state index contributed by atoms with van der Waals surface area (Å²) in [6.45, 7) is 4.27. The van der Waals surface area contributed by atoms with Crippen molar-refractivity contribution < 1.29 is 9.84 Å². The minimum Gasteiger partial charge on any atom is -0.496 e. The molecular weight excluding hydrogens is 224 g/mol. The van der Waals surface area contributed by atoms with Gasteiger partial charge in [-0.2, -0.15) is 0 Å². The van der Waals surface area contributed by atoms with E-state index < -0.39 is 0 Å². The predicted octanol–water partition coefficient (Wildman–Crippen LogP) is 3.23. The lowest BCUT2D eigenvalue weighted by atomic mass is 9.82. The van der Waals surface area contributed by atoms with Crippen molar-refractivity contribution in [2.75, 3.05) is 13.7 Å². The van der Waals surface area contributed by atoms with E-state index in [2.05, 4.69) is 26.0 Å². The molecule has 0 unspecified atom stereocenters. The second-order valence-corrected chi connectivity index (χ2v) is 5.92. The number of ether oxygens (including phenoxy) is 1. The Kier molecular flexibility index (Phi) is 3.96. The van der Waals surface area contributed by atoms with E-state index in [1.807, 2.05) is 0 Å². The molecule has 0 saturated heterocycles. The molecule has 0 aliphatic heterocycles. The predicted molar refractivity (Wildman–Crippen MR) is 74.4 cm³/mol. The highest BCUT2D eigenvalue weighted by molar-refractivity contribution is 5.47. The van der Waals surface area contributed by atoms with Crippen LogP contribution in [-0.2, 0) is 18.3 Å². The zero-order chi connectivity index (χ0) is 13.2. The summed E-state index contributed by atoms with van der Waals surface area (Å²) >= 11 is 0. The third-order valence-corrected chi connectivity index (χ3v) is 4.04. The molecule has 0 saturated carbocycles. The quantitative estimate of drug-likeness (QED) is 0.832. The second-order valence-electron chi connectivity index (χ2n) is 5.92. The van der Waals surface area contributed by atoms with E-state index in [1.54, 1.807) is 7.11 Å². The van der Waals surface area contributed by atoms with Gasteiger partial charge in [0.2, 0.25) is 0 Å². The standard InChI is InChI=1S/C16H24O2/c1-16(2,11-17)14-9-12-7-5-4-6-8-13(12)10-15(14)18-3/h9-10,17H,4-8,11H2,1-3H3. The topological polar surface area (TPSA) is 29.5 Å². The number of aliphatic hydroxyl groups excluding tert-OH is 1. The van der Waals surface area contributed by atoms with Crippen LogP contribution in [0.3, 0.4) is 0 Å². The highest BCUT2D eigenvalue weighted by Crippen LogP contribution is 2.35. The first kappa shape index (κ1) is 13.4. The number of methoxy groups -OCH3 is 1. The van der Waals surface area contributed by atoms with Crippen LogP contribution in [0.25, 0.3) is 0 Å². The number of benzene rings is 1. The van der Waals surface area contributed by atoms with E-state index in [4.69, 9.17) is 4.74 Å². The molecular formula is C16H24O2. The number of rotatable bonds is 3. The molecule has 1 aliphatic carbocycles. The summed E-state index contributed by atoms with van der Waals surface area (Å²) in [5, 5.41) is 9.57. The maximum atomic E-state index is 9.57. The highest BCUT2D eigenvalue weighted by atomic mass is 16.5. The summed E-state index contributed by atoms with van der Waals surface area (Å²) in [6.07, 6.45) is 6.19. The Hall–Kier alpha value is -1.02. The molecule has 0 bridgehead atoms. The second kappa shape index (κ2) is 5.31. The molecule has 100 valence electrons. The van der Waals surface area contributed by atoms with Crippen LogP contribution in [0.5, 0.6) is 5.75 Å². The first-order valence-electron chi connectivity index (χ1n) is 6.89. The zero-order valence-electron chi connectivity index (χ0n) is 11.8. The number of fused-ring (bicyclic) bond motifs is 1. The van der Waals surface area contributed by atoms with Gasteiger partial charge in [-0.3, -0.25) is 0 Å². The number of hydrogen-bond donors (Lipinski definition) is 1. The van der Waals surface area contributed by atoms with E-state index in [9.17, 15) is 5.11 Å². The van der Waals surface area contributed by atoms with Gasteiger partial charge >= 0.3 is 0 Å². The van der Waals surface area contributed by atoms with Crippen molar-refractivity contribution in [3.63, 3.8) is 0 Å². The van der Waals surface area contributed by atoms with E-state index in [1.165, 1.54) is 30.4 Å². The molecule has 0 spiro atoms. The van der Waals surface area contributed by atoms with E-state index in [0.29, 0.717) is 0 Å². The van der Waals surface area contributed by atoms with Crippen molar-refractivity contribution in [3.8, 4) is 5.75 Å². The Morgan fingerprint density at radius 1 is 1.11 bits per heavy atom. The van der Waals surface area contributed by atoms with Gasteiger partial charge in [0.15, 0.2) is 0 Å². The zero-order valence-corrected chi connectivity index (χ0v) is 11.8. The third-order valence-electron chi connectivity index (χ3n) is 4.04. The summed E-state index contributed by atoms with van der Waals surface area (Å²) < 4.78 is 5.53. The highest BCUT2D eigenvalue weighted by Gasteiger charge is 2.25. The Labute approximate surface area is 110 Å². The Morgan fingerprint density at radius 3 is 2.28 bits per heavy atom. The van der Waals surface area contributed by atoms with Gasteiger partial charge in [0.25, 0.3) is 0 Å². The van der Waals surface area contributed by atoms with Gasteiger partial charge < -0.3 is 9.84 Å². The van der Waals surface area contributed by atoms with Crippen LogP contribution in [0, 0.1) is 0 Å². The maximum absolute atomic E-state index is 9.57. The molecule has 2 heteroatoms. The molecule has 0 atom stereocenters. The SMILES string of the molecule is COc1cc2c(cc1C(C)(C)CO)CCCCC2.